The van der Waals surface area contributed by atoms with Gasteiger partial charge in [-0.1, -0.05) is 29.5 Å². The summed E-state index contributed by atoms with van der Waals surface area (Å²) in [6.45, 7) is 4.17. The Labute approximate surface area is 101 Å². The van der Waals surface area contributed by atoms with E-state index in [-0.39, 0.29) is 0 Å². The molecule has 2 aromatic rings. The van der Waals surface area contributed by atoms with E-state index in [1.807, 2.05) is 16.8 Å². The molecule has 0 radical (unpaired) electrons. The maximum atomic E-state index is 4.28. The average Bonchev–Trinajstić information content (AvgIpc) is 3.00. The van der Waals surface area contributed by atoms with Crippen molar-refractivity contribution < 1.29 is 0 Å². The van der Waals surface area contributed by atoms with Gasteiger partial charge in [0.05, 0.1) is 12.2 Å². The van der Waals surface area contributed by atoms with Crippen LogP contribution in [0.3, 0.4) is 0 Å². The third-order valence-corrected chi connectivity index (χ3v) is 3.34. The Morgan fingerprint density at radius 1 is 1.35 bits per heavy atom. The fourth-order valence-corrected chi connectivity index (χ4v) is 2.30. The maximum Gasteiger partial charge on any atom is 0.113 e. The lowest BCUT2D eigenvalue weighted by Gasteiger charge is -2.06. The third kappa shape index (κ3) is 1.96. The maximum absolute atomic E-state index is 4.28. The van der Waals surface area contributed by atoms with Gasteiger partial charge in [0.2, 0.25) is 0 Å². The van der Waals surface area contributed by atoms with Crippen LogP contribution in [0, 0.1) is 6.92 Å². The van der Waals surface area contributed by atoms with Gasteiger partial charge in [0.15, 0.2) is 0 Å². The first-order chi connectivity index (χ1) is 8.34. The van der Waals surface area contributed by atoms with E-state index in [0.29, 0.717) is 6.04 Å². The van der Waals surface area contributed by atoms with Crippen LogP contribution in [0.25, 0.3) is 11.3 Å². The summed E-state index contributed by atoms with van der Waals surface area (Å²) >= 11 is 0. The van der Waals surface area contributed by atoms with E-state index in [1.165, 1.54) is 11.1 Å². The van der Waals surface area contributed by atoms with E-state index in [2.05, 4.69) is 40.9 Å². The smallest absolute Gasteiger partial charge is 0.113 e. The number of aryl methyl sites for hydroxylation is 1. The monoisotopic (exact) mass is 228 g/mol. The van der Waals surface area contributed by atoms with Crippen LogP contribution in [-0.4, -0.2) is 28.1 Å². The number of nitrogens with one attached hydrogen (secondary N) is 1. The Morgan fingerprint density at radius 2 is 2.24 bits per heavy atom. The van der Waals surface area contributed by atoms with Crippen molar-refractivity contribution in [3.8, 4) is 11.3 Å². The summed E-state index contributed by atoms with van der Waals surface area (Å²) in [6, 6.07) is 8.74. The van der Waals surface area contributed by atoms with E-state index in [4.69, 9.17) is 0 Å². The molecule has 2 heterocycles. The molecule has 17 heavy (non-hydrogen) atoms. The van der Waals surface area contributed by atoms with Crippen LogP contribution in [0.1, 0.15) is 18.0 Å². The van der Waals surface area contributed by atoms with Crippen molar-refractivity contribution in [2.45, 2.75) is 19.4 Å². The van der Waals surface area contributed by atoms with Crippen LogP contribution >= 0.6 is 0 Å². The van der Waals surface area contributed by atoms with Gasteiger partial charge in [-0.3, -0.25) is 0 Å². The quantitative estimate of drug-likeness (QED) is 0.852. The van der Waals surface area contributed by atoms with E-state index in [1.54, 1.807) is 0 Å². The second-order valence-electron chi connectivity index (χ2n) is 4.55. The first-order valence-corrected chi connectivity index (χ1v) is 6.03. The summed E-state index contributed by atoms with van der Waals surface area (Å²) in [5.41, 5.74) is 3.38. The molecule has 4 nitrogen and oxygen atoms in total. The zero-order valence-electron chi connectivity index (χ0n) is 9.93. The van der Waals surface area contributed by atoms with E-state index >= 15 is 0 Å². The highest BCUT2D eigenvalue weighted by atomic mass is 15.4. The number of rotatable bonds is 2. The molecule has 1 aromatic heterocycles. The molecule has 4 heteroatoms. The van der Waals surface area contributed by atoms with Gasteiger partial charge in [0.1, 0.15) is 5.69 Å². The van der Waals surface area contributed by atoms with Crippen LogP contribution < -0.4 is 5.32 Å². The van der Waals surface area contributed by atoms with Gasteiger partial charge in [-0.25, -0.2) is 4.68 Å². The van der Waals surface area contributed by atoms with Crippen LogP contribution in [-0.2, 0) is 0 Å². The number of benzene rings is 1. The Kier molecular flexibility index (Phi) is 2.65. The topological polar surface area (TPSA) is 42.7 Å². The second kappa shape index (κ2) is 4.30. The molecule has 88 valence electrons. The fourth-order valence-electron chi connectivity index (χ4n) is 2.30. The molecule has 0 spiro atoms. The molecule has 1 unspecified atom stereocenters. The highest BCUT2D eigenvalue weighted by molar-refractivity contribution is 5.61. The van der Waals surface area contributed by atoms with E-state index in [9.17, 15) is 0 Å². The summed E-state index contributed by atoms with van der Waals surface area (Å²) in [7, 11) is 0. The third-order valence-electron chi connectivity index (χ3n) is 3.34. The molecule has 0 aliphatic carbocycles. The Balaban J connectivity index is 1.92. The minimum Gasteiger partial charge on any atom is -0.315 e. The Morgan fingerprint density at radius 3 is 3.00 bits per heavy atom. The first kappa shape index (κ1) is 10.5. The van der Waals surface area contributed by atoms with Crippen LogP contribution in [0.15, 0.2) is 30.5 Å². The molecular weight excluding hydrogens is 212 g/mol. The minimum absolute atomic E-state index is 0.459. The Bertz CT molecular complexity index is 512. The summed E-state index contributed by atoms with van der Waals surface area (Å²) in [4.78, 5) is 0. The Hall–Kier alpha value is -1.68. The SMILES string of the molecule is Cc1ccccc1-c1cn(C2CCNC2)nn1. The van der Waals surface area contributed by atoms with Gasteiger partial charge in [0.25, 0.3) is 0 Å². The number of hydrogen-bond acceptors (Lipinski definition) is 3. The van der Waals surface area contributed by atoms with Crippen LogP contribution in [0.4, 0.5) is 0 Å². The molecular formula is C13H16N4. The lowest BCUT2D eigenvalue weighted by molar-refractivity contribution is 0.476. The minimum atomic E-state index is 0.459. The molecule has 1 N–H and O–H groups in total. The normalized spacial score (nSPS) is 19.7. The average molecular weight is 228 g/mol. The summed E-state index contributed by atoms with van der Waals surface area (Å²) in [5, 5.41) is 11.9. The van der Waals surface area contributed by atoms with Crippen LogP contribution in [0.2, 0.25) is 0 Å². The molecule has 1 saturated heterocycles. The van der Waals surface area contributed by atoms with Gasteiger partial charge >= 0.3 is 0 Å². The fraction of sp³-hybridized carbons (Fsp3) is 0.385. The predicted molar refractivity (Wildman–Crippen MR) is 66.7 cm³/mol. The van der Waals surface area contributed by atoms with Crippen molar-refractivity contribution in [3.63, 3.8) is 0 Å². The van der Waals surface area contributed by atoms with Gasteiger partial charge < -0.3 is 5.32 Å². The lowest BCUT2D eigenvalue weighted by atomic mass is 10.1. The van der Waals surface area contributed by atoms with E-state index < -0.39 is 0 Å². The summed E-state index contributed by atoms with van der Waals surface area (Å²) in [5.74, 6) is 0. The van der Waals surface area contributed by atoms with Gasteiger partial charge in [-0.05, 0) is 25.5 Å². The van der Waals surface area contributed by atoms with Crippen molar-refractivity contribution in [2.75, 3.05) is 13.1 Å². The van der Waals surface area contributed by atoms with Crippen molar-refractivity contribution >= 4 is 0 Å². The van der Waals surface area contributed by atoms with Crippen molar-refractivity contribution in [2.24, 2.45) is 0 Å². The first-order valence-electron chi connectivity index (χ1n) is 6.03. The van der Waals surface area contributed by atoms with Crippen molar-refractivity contribution in [3.05, 3.63) is 36.0 Å². The lowest BCUT2D eigenvalue weighted by Crippen LogP contribution is -2.13. The van der Waals surface area contributed by atoms with E-state index in [0.717, 1.165) is 25.2 Å². The number of nitrogens with zero attached hydrogens (tertiary/aromatic N) is 3. The highest BCUT2D eigenvalue weighted by Crippen LogP contribution is 2.22. The van der Waals surface area contributed by atoms with Crippen molar-refractivity contribution in [1.29, 1.82) is 0 Å². The number of aromatic nitrogens is 3. The zero-order valence-corrected chi connectivity index (χ0v) is 9.93. The number of hydrogen-bond donors (Lipinski definition) is 1. The summed E-state index contributed by atoms with van der Waals surface area (Å²) < 4.78 is 1.99. The van der Waals surface area contributed by atoms with Gasteiger partial charge in [-0.2, -0.15) is 0 Å². The largest absolute Gasteiger partial charge is 0.315 e. The molecule has 1 aliphatic rings. The van der Waals surface area contributed by atoms with Gasteiger partial charge in [0, 0.05) is 12.1 Å². The molecule has 1 aliphatic heterocycles. The van der Waals surface area contributed by atoms with Crippen LogP contribution in [0.5, 0.6) is 0 Å². The molecule has 1 fully saturated rings. The predicted octanol–water partition coefficient (Wildman–Crippen LogP) is 1.79. The van der Waals surface area contributed by atoms with Crippen molar-refractivity contribution in [1.82, 2.24) is 20.3 Å². The molecule has 0 amide bonds. The molecule has 1 aromatic carbocycles. The van der Waals surface area contributed by atoms with Gasteiger partial charge in [-0.15, -0.1) is 5.10 Å². The molecule has 3 rings (SSSR count). The zero-order chi connectivity index (χ0) is 11.7. The molecule has 0 saturated carbocycles. The second-order valence-corrected chi connectivity index (χ2v) is 4.55. The summed E-state index contributed by atoms with van der Waals surface area (Å²) in [6.07, 6.45) is 3.19. The molecule has 0 bridgehead atoms. The molecule has 1 atom stereocenters. The standard InChI is InChI=1S/C13H16N4/c1-10-4-2-3-5-12(10)13-9-17(16-15-13)11-6-7-14-8-11/h2-5,9,11,14H,6-8H2,1H3. The highest BCUT2D eigenvalue weighted by Gasteiger charge is 2.18.